The van der Waals surface area contributed by atoms with Crippen LogP contribution in [0.15, 0.2) is 114 Å². The number of allylic oxidation sites excluding steroid dienone is 1. The first kappa shape index (κ1) is 22.8. The molecule has 0 saturated heterocycles. The van der Waals surface area contributed by atoms with Crippen molar-refractivity contribution in [2.45, 2.75) is 24.8 Å². The molecule has 3 N–H and O–H groups in total. The lowest BCUT2D eigenvalue weighted by Gasteiger charge is -2.30. The van der Waals surface area contributed by atoms with E-state index < -0.39 is 6.04 Å². The largest absolute Gasteiger partial charge is 0.508 e. The molecule has 4 aromatic rings. The Hall–Kier alpha value is -4.64. The summed E-state index contributed by atoms with van der Waals surface area (Å²) in [5.74, 6) is 0.209. The Balaban J connectivity index is 1.44. The van der Waals surface area contributed by atoms with Crippen molar-refractivity contribution in [2.24, 2.45) is 0 Å². The number of nitrogens with one attached hydrogen (secondary N) is 2. The SMILES string of the molecule is O=C1C[C@H](c2ccccc2)CC2=C1[C@@H](c1cccc(O)c1)Nc1ccc(C(=O)c3ccccc3)cc1N2. The van der Waals surface area contributed by atoms with Gasteiger partial charge in [0.15, 0.2) is 11.6 Å². The summed E-state index contributed by atoms with van der Waals surface area (Å²) in [5.41, 5.74) is 6.17. The van der Waals surface area contributed by atoms with Crippen LogP contribution in [0.5, 0.6) is 5.75 Å². The van der Waals surface area contributed by atoms with E-state index in [2.05, 4.69) is 22.8 Å². The molecule has 6 rings (SSSR count). The van der Waals surface area contributed by atoms with E-state index in [4.69, 9.17) is 0 Å². The predicted octanol–water partition coefficient (Wildman–Crippen LogP) is 6.60. The Kier molecular flexibility index (Phi) is 5.81. The number of hydrogen-bond donors (Lipinski definition) is 3. The van der Waals surface area contributed by atoms with Gasteiger partial charge in [-0.25, -0.2) is 0 Å². The van der Waals surface area contributed by atoms with Gasteiger partial charge in [-0.1, -0.05) is 72.8 Å². The van der Waals surface area contributed by atoms with Gasteiger partial charge in [0.05, 0.1) is 17.4 Å². The third-order valence-electron chi connectivity index (χ3n) is 7.17. The Morgan fingerprint density at radius 1 is 0.730 bits per heavy atom. The highest BCUT2D eigenvalue weighted by molar-refractivity contribution is 6.10. The number of benzene rings is 4. The third-order valence-corrected chi connectivity index (χ3v) is 7.17. The molecule has 1 aliphatic carbocycles. The van der Waals surface area contributed by atoms with Crippen molar-refractivity contribution in [2.75, 3.05) is 10.6 Å². The minimum atomic E-state index is -0.434. The second-order valence-electron chi connectivity index (χ2n) is 9.58. The highest BCUT2D eigenvalue weighted by Gasteiger charge is 2.36. The molecular formula is C32H26N2O3. The highest BCUT2D eigenvalue weighted by atomic mass is 16.3. The first-order chi connectivity index (χ1) is 18.1. The summed E-state index contributed by atoms with van der Waals surface area (Å²) in [6.07, 6.45) is 1.08. The van der Waals surface area contributed by atoms with Crippen LogP contribution in [0, 0.1) is 0 Å². The number of Topliss-reactive ketones (excluding diaryl/α,β-unsaturated/α-hetero) is 1. The van der Waals surface area contributed by atoms with E-state index in [1.165, 1.54) is 0 Å². The van der Waals surface area contributed by atoms with E-state index in [1.54, 1.807) is 24.3 Å². The van der Waals surface area contributed by atoms with E-state index in [-0.39, 0.29) is 23.2 Å². The number of phenolic OH excluding ortho intramolecular Hbond substituents is 1. The lowest BCUT2D eigenvalue weighted by Crippen LogP contribution is -2.26. The van der Waals surface area contributed by atoms with Gasteiger partial charge in [0, 0.05) is 28.8 Å². The van der Waals surface area contributed by atoms with Crippen LogP contribution in [0.25, 0.3) is 0 Å². The van der Waals surface area contributed by atoms with Crippen LogP contribution in [0.4, 0.5) is 11.4 Å². The lowest BCUT2D eigenvalue weighted by atomic mass is 9.78. The topological polar surface area (TPSA) is 78.4 Å². The van der Waals surface area contributed by atoms with Gasteiger partial charge in [-0.15, -0.1) is 0 Å². The lowest BCUT2D eigenvalue weighted by molar-refractivity contribution is -0.116. The summed E-state index contributed by atoms with van der Waals surface area (Å²) in [6.45, 7) is 0. The van der Waals surface area contributed by atoms with Crippen LogP contribution in [-0.2, 0) is 4.79 Å². The van der Waals surface area contributed by atoms with Gasteiger partial charge in [0.25, 0.3) is 0 Å². The van der Waals surface area contributed by atoms with Gasteiger partial charge in [0.2, 0.25) is 0 Å². The van der Waals surface area contributed by atoms with Crippen LogP contribution in [0.3, 0.4) is 0 Å². The van der Waals surface area contributed by atoms with Crippen molar-refractivity contribution in [3.8, 4) is 5.75 Å². The minimum Gasteiger partial charge on any atom is -0.508 e. The molecule has 0 unspecified atom stereocenters. The first-order valence-electron chi connectivity index (χ1n) is 12.4. The number of carbonyl (C=O) groups is 2. The Morgan fingerprint density at radius 3 is 2.22 bits per heavy atom. The molecule has 0 bridgehead atoms. The number of ketones is 2. The van der Waals surface area contributed by atoms with Crippen molar-refractivity contribution in [1.82, 2.24) is 0 Å². The molecule has 0 radical (unpaired) electrons. The van der Waals surface area contributed by atoms with Crippen LogP contribution < -0.4 is 10.6 Å². The number of hydrogen-bond acceptors (Lipinski definition) is 5. The van der Waals surface area contributed by atoms with Gasteiger partial charge in [0.1, 0.15) is 5.75 Å². The predicted molar refractivity (Wildman–Crippen MR) is 145 cm³/mol. The average molecular weight is 487 g/mol. The van der Waals surface area contributed by atoms with Gasteiger partial charge >= 0.3 is 0 Å². The van der Waals surface area contributed by atoms with Gasteiger partial charge in [-0.3, -0.25) is 9.59 Å². The fourth-order valence-electron chi connectivity index (χ4n) is 5.36. The molecule has 0 amide bonds. The van der Waals surface area contributed by atoms with E-state index in [0.29, 0.717) is 29.5 Å². The molecule has 0 fully saturated rings. The van der Waals surface area contributed by atoms with Crippen molar-refractivity contribution < 1.29 is 14.7 Å². The summed E-state index contributed by atoms with van der Waals surface area (Å²) in [5, 5.41) is 17.2. The van der Waals surface area contributed by atoms with Crippen molar-refractivity contribution in [1.29, 1.82) is 0 Å². The van der Waals surface area contributed by atoms with E-state index in [0.717, 1.165) is 28.2 Å². The maximum atomic E-state index is 13.7. The third kappa shape index (κ3) is 4.40. The molecule has 37 heavy (non-hydrogen) atoms. The summed E-state index contributed by atoms with van der Waals surface area (Å²) in [4.78, 5) is 26.9. The Morgan fingerprint density at radius 2 is 1.46 bits per heavy atom. The van der Waals surface area contributed by atoms with E-state index in [1.807, 2.05) is 66.7 Å². The molecule has 0 aromatic heterocycles. The Labute approximate surface area is 215 Å². The van der Waals surface area contributed by atoms with Crippen LogP contribution in [-0.4, -0.2) is 16.7 Å². The smallest absolute Gasteiger partial charge is 0.193 e. The number of carbonyl (C=O) groups excluding carboxylic acids is 2. The van der Waals surface area contributed by atoms with Crippen LogP contribution in [0.2, 0.25) is 0 Å². The number of aromatic hydroxyl groups is 1. The summed E-state index contributed by atoms with van der Waals surface area (Å²) >= 11 is 0. The summed E-state index contributed by atoms with van der Waals surface area (Å²) in [7, 11) is 0. The fourth-order valence-corrected chi connectivity index (χ4v) is 5.36. The first-order valence-corrected chi connectivity index (χ1v) is 12.4. The van der Waals surface area contributed by atoms with Crippen LogP contribution >= 0.6 is 0 Å². The average Bonchev–Trinajstić information content (AvgIpc) is 3.10. The molecule has 182 valence electrons. The van der Waals surface area contributed by atoms with E-state index >= 15 is 0 Å². The molecule has 1 heterocycles. The number of anilines is 2. The molecule has 2 aliphatic rings. The van der Waals surface area contributed by atoms with Gasteiger partial charge in [-0.2, -0.15) is 0 Å². The van der Waals surface area contributed by atoms with E-state index in [9.17, 15) is 14.7 Å². The number of fused-ring (bicyclic) bond motifs is 1. The molecule has 0 spiro atoms. The van der Waals surface area contributed by atoms with Gasteiger partial charge in [-0.05, 0) is 53.8 Å². The molecular weight excluding hydrogens is 460 g/mol. The maximum absolute atomic E-state index is 13.7. The molecule has 0 saturated carbocycles. The number of rotatable bonds is 4. The maximum Gasteiger partial charge on any atom is 0.193 e. The molecule has 4 aromatic carbocycles. The molecule has 5 heteroatoms. The normalized spacial score (nSPS) is 18.6. The fraction of sp³-hybridized carbons (Fsp3) is 0.125. The monoisotopic (exact) mass is 486 g/mol. The van der Waals surface area contributed by atoms with Crippen LogP contribution in [0.1, 0.15) is 51.8 Å². The van der Waals surface area contributed by atoms with Crippen molar-refractivity contribution in [3.05, 3.63) is 137 Å². The minimum absolute atomic E-state index is 0.0560. The molecule has 5 nitrogen and oxygen atoms in total. The zero-order chi connectivity index (χ0) is 25.4. The van der Waals surface area contributed by atoms with Gasteiger partial charge < -0.3 is 15.7 Å². The Bertz CT molecular complexity index is 1530. The molecule has 1 aliphatic heterocycles. The highest BCUT2D eigenvalue weighted by Crippen LogP contribution is 2.44. The quantitative estimate of drug-likeness (QED) is 0.283. The zero-order valence-corrected chi connectivity index (χ0v) is 20.1. The standard InChI is InChI=1S/C32H26N2O3/c35-25-13-7-12-22(16-25)31-30-28(18-24(19-29(30)36)20-8-3-1-4-9-20)33-27-17-23(14-15-26(27)34-31)32(37)21-10-5-2-6-11-21/h1-17,24,31,33-35H,18-19H2/t24-,31-/m1/s1. The number of phenols is 1. The zero-order valence-electron chi connectivity index (χ0n) is 20.1. The summed E-state index contributed by atoms with van der Waals surface area (Å²) in [6, 6.07) is 31.4. The molecule has 2 atom stereocenters. The second kappa shape index (κ2) is 9.43. The second-order valence-corrected chi connectivity index (χ2v) is 9.58. The van der Waals surface area contributed by atoms with Crippen molar-refractivity contribution >= 4 is 22.9 Å². The van der Waals surface area contributed by atoms with Crippen molar-refractivity contribution in [3.63, 3.8) is 0 Å². The summed E-state index contributed by atoms with van der Waals surface area (Å²) < 4.78 is 0.